The van der Waals surface area contributed by atoms with Gasteiger partial charge in [0.2, 0.25) is 10.0 Å². The Hall–Kier alpha value is -3.11. The lowest BCUT2D eigenvalue weighted by atomic mass is 9.94. The highest BCUT2D eigenvalue weighted by atomic mass is 32.2. The Kier molecular flexibility index (Phi) is 7.37. The number of anilines is 2. The largest absolute Gasteiger partial charge is 0.494 e. The van der Waals surface area contributed by atoms with Crippen LogP contribution < -0.4 is 19.7 Å². The number of nitrogens with one attached hydrogen (secondary N) is 2. The molecular formula is C28H35N5O3S2. The molecule has 1 aromatic carbocycles. The van der Waals surface area contributed by atoms with E-state index < -0.39 is 10.0 Å². The maximum absolute atomic E-state index is 11.9. The first kappa shape index (κ1) is 26.5. The highest BCUT2D eigenvalue weighted by Gasteiger charge is 2.42. The van der Waals surface area contributed by atoms with Crippen molar-refractivity contribution in [2.24, 2.45) is 0 Å². The lowest BCUT2D eigenvalue weighted by Gasteiger charge is -2.30. The number of benzene rings is 1. The molecule has 8 nitrogen and oxygen atoms in total. The number of aromatic nitrogens is 2. The van der Waals surface area contributed by atoms with E-state index in [0.29, 0.717) is 22.6 Å². The first-order valence-corrected chi connectivity index (χ1v) is 15.3. The summed E-state index contributed by atoms with van der Waals surface area (Å²) in [5.41, 5.74) is 5.81. The quantitative estimate of drug-likeness (QED) is 0.370. The van der Waals surface area contributed by atoms with Gasteiger partial charge in [0, 0.05) is 35.4 Å². The van der Waals surface area contributed by atoms with Crippen LogP contribution in [0.5, 0.6) is 5.75 Å². The maximum atomic E-state index is 11.9. The third kappa shape index (κ3) is 5.11. The van der Waals surface area contributed by atoms with E-state index in [9.17, 15) is 8.42 Å². The van der Waals surface area contributed by atoms with Gasteiger partial charge in [-0.1, -0.05) is 25.3 Å². The Morgan fingerprint density at radius 1 is 1.11 bits per heavy atom. The Labute approximate surface area is 230 Å². The number of ether oxygens (including phenoxy) is 1. The Morgan fingerprint density at radius 2 is 1.87 bits per heavy atom. The van der Waals surface area contributed by atoms with E-state index in [2.05, 4.69) is 44.4 Å². The molecule has 1 aliphatic carbocycles. The van der Waals surface area contributed by atoms with E-state index >= 15 is 0 Å². The minimum atomic E-state index is -3.46. The predicted octanol–water partition coefficient (Wildman–Crippen LogP) is 5.56. The zero-order chi connectivity index (χ0) is 27.0. The van der Waals surface area contributed by atoms with E-state index in [1.807, 2.05) is 30.3 Å². The fourth-order valence-corrected chi connectivity index (χ4v) is 6.98. The molecule has 202 valence electrons. The van der Waals surface area contributed by atoms with Gasteiger partial charge in [0.05, 0.1) is 36.8 Å². The number of aryl methyl sites for hydroxylation is 1. The molecular weight excluding hydrogens is 518 g/mol. The SMILES string of the molecule is COc1cc(N2C(=S)N[C@H](c3ccccn3)[C@H]2c2cc(C)n(C3CCCCC3)c2C)ccc1NS(C)(=O)=O. The average molecular weight is 554 g/mol. The molecule has 1 saturated carbocycles. The smallest absolute Gasteiger partial charge is 0.229 e. The van der Waals surface area contributed by atoms with Crippen molar-refractivity contribution in [2.45, 2.75) is 64.1 Å². The summed E-state index contributed by atoms with van der Waals surface area (Å²) in [4.78, 5) is 6.78. The Balaban J connectivity index is 1.62. The second-order valence-corrected chi connectivity index (χ2v) is 12.4. The molecule has 3 aromatic rings. The summed E-state index contributed by atoms with van der Waals surface area (Å²) in [5, 5.41) is 4.11. The summed E-state index contributed by atoms with van der Waals surface area (Å²) in [6.07, 6.45) is 9.18. The zero-order valence-corrected chi connectivity index (χ0v) is 23.9. The number of rotatable bonds is 7. The summed E-state index contributed by atoms with van der Waals surface area (Å²) in [5.74, 6) is 0.420. The summed E-state index contributed by atoms with van der Waals surface area (Å²) >= 11 is 5.91. The van der Waals surface area contributed by atoms with Crippen LogP contribution in [0.15, 0.2) is 48.7 Å². The molecule has 2 fully saturated rings. The first-order valence-electron chi connectivity index (χ1n) is 13.0. The van der Waals surface area contributed by atoms with Crippen molar-refractivity contribution in [2.75, 3.05) is 23.0 Å². The molecule has 38 heavy (non-hydrogen) atoms. The Morgan fingerprint density at radius 3 is 2.53 bits per heavy atom. The predicted molar refractivity (Wildman–Crippen MR) is 155 cm³/mol. The number of hydrogen-bond donors (Lipinski definition) is 2. The van der Waals surface area contributed by atoms with Gasteiger partial charge in [-0.2, -0.15) is 0 Å². The van der Waals surface area contributed by atoms with Gasteiger partial charge in [0.1, 0.15) is 5.75 Å². The highest BCUT2D eigenvalue weighted by Crippen LogP contribution is 2.45. The van der Waals surface area contributed by atoms with Crippen LogP contribution in [0.2, 0.25) is 0 Å². The second-order valence-electron chi connectivity index (χ2n) is 10.2. The standard InChI is InChI=1S/C28H35N5O3S2/c1-18-16-22(19(2)32(18)20-10-6-5-7-11-20)27-26(24-12-8-9-15-29-24)30-28(37)33(27)21-13-14-23(25(17-21)36-3)31-38(4,34)35/h8-9,12-17,20,26-27,31H,5-7,10-11H2,1-4H3,(H,30,37)/t26-,27-/m1/s1. The number of hydrogen-bond acceptors (Lipinski definition) is 5. The van der Waals surface area contributed by atoms with Gasteiger partial charge in [-0.25, -0.2) is 8.42 Å². The summed E-state index contributed by atoms with van der Waals surface area (Å²) in [6.45, 7) is 4.41. The fourth-order valence-electron chi connectivity index (χ4n) is 6.07. The topological polar surface area (TPSA) is 88.5 Å². The number of nitrogens with zero attached hydrogens (tertiary/aromatic N) is 3. The van der Waals surface area contributed by atoms with Gasteiger partial charge >= 0.3 is 0 Å². The third-order valence-electron chi connectivity index (χ3n) is 7.64. The zero-order valence-electron chi connectivity index (χ0n) is 22.3. The van der Waals surface area contributed by atoms with Crippen molar-refractivity contribution < 1.29 is 13.2 Å². The van der Waals surface area contributed by atoms with Crippen LogP contribution in [0, 0.1) is 13.8 Å². The third-order valence-corrected chi connectivity index (χ3v) is 8.54. The highest BCUT2D eigenvalue weighted by molar-refractivity contribution is 7.92. The molecule has 3 heterocycles. The van der Waals surface area contributed by atoms with Gasteiger partial charge in [0.25, 0.3) is 0 Å². The van der Waals surface area contributed by atoms with E-state index in [4.69, 9.17) is 17.0 Å². The van der Waals surface area contributed by atoms with Crippen LogP contribution in [0.1, 0.15) is 72.9 Å². The van der Waals surface area contributed by atoms with Gasteiger partial charge < -0.3 is 19.5 Å². The van der Waals surface area contributed by atoms with Crippen molar-refractivity contribution in [1.82, 2.24) is 14.9 Å². The van der Waals surface area contributed by atoms with Gasteiger partial charge in [-0.15, -0.1) is 0 Å². The molecule has 2 atom stereocenters. The van der Waals surface area contributed by atoms with E-state index in [0.717, 1.165) is 17.6 Å². The minimum Gasteiger partial charge on any atom is -0.494 e. The van der Waals surface area contributed by atoms with E-state index in [1.165, 1.54) is 56.2 Å². The molecule has 2 aliphatic rings. The molecule has 5 rings (SSSR count). The molecule has 10 heteroatoms. The van der Waals surface area contributed by atoms with Crippen molar-refractivity contribution >= 4 is 38.7 Å². The molecule has 1 saturated heterocycles. The van der Waals surface area contributed by atoms with Crippen LogP contribution in [0.3, 0.4) is 0 Å². The lowest BCUT2D eigenvalue weighted by Crippen LogP contribution is -2.29. The molecule has 0 bridgehead atoms. The molecule has 0 unspecified atom stereocenters. The normalized spacial score (nSPS) is 20.4. The van der Waals surface area contributed by atoms with Crippen LogP contribution in [0.25, 0.3) is 0 Å². The molecule has 1 aliphatic heterocycles. The van der Waals surface area contributed by atoms with E-state index in [-0.39, 0.29) is 12.1 Å². The van der Waals surface area contributed by atoms with Gasteiger partial charge in [0.15, 0.2) is 5.11 Å². The van der Waals surface area contributed by atoms with Crippen LogP contribution in [-0.4, -0.2) is 36.4 Å². The summed E-state index contributed by atoms with van der Waals surface area (Å²) in [6, 6.07) is 13.8. The van der Waals surface area contributed by atoms with Crippen LogP contribution in [0.4, 0.5) is 11.4 Å². The van der Waals surface area contributed by atoms with Crippen molar-refractivity contribution in [3.8, 4) is 5.75 Å². The van der Waals surface area contributed by atoms with Gasteiger partial charge in [-0.3, -0.25) is 9.71 Å². The fraction of sp³-hybridized carbons (Fsp3) is 0.429. The lowest BCUT2D eigenvalue weighted by molar-refractivity contribution is 0.345. The van der Waals surface area contributed by atoms with Crippen molar-refractivity contribution in [1.29, 1.82) is 0 Å². The van der Waals surface area contributed by atoms with Gasteiger partial charge in [-0.05, 0) is 74.8 Å². The van der Waals surface area contributed by atoms with Crippen LogP contribution in [-0.2, 0) is 10.0 Å². The average Bonchev–Trinajstić information content (AvgIpc) is 3.39. The number of methoxy groups -OCH3 is 1. The number of sulfonamides is 1. The number of pyridine rings is 1. The monoisotopic (exact) mass is 553 g/mol. The summed E-state index contributed by atoms with van der Waals surface area (Å²) in [7, 11) is -1.94. The molecule has 0 radical (unpaired) electrons. The minimum absolute atomic E-state index is 0.153. The van der Waals surface area contributed by atoms with Crippen molar-refractivity contribution in [3.63, 3.8) is 0 Å². The molecule has 2 N–H and O–H groups in total. The second kappa shape index (κ2) is 10.6. The summed E-state index contributed by atoms with van der Waals surface area (Å²) < 4.78 is 34.4. The molecule has 2 aromatic heterocycles. The first-order chi connectivity index (χ1) is 18.2. The molecule has 0 amide bonds. The number of thiocarbonyl (C=S) groups is 1. The van der Waals surface area contributed by atoms with Crippen molar-refractivity contribution in [3.05, 3.63) is 71.3 Å². The Bertz CT molecular complexity index is 1430. The maximum Gasteiger partial charge on any atom is 0.229 e. The van der Waals surface area contributed by atoms with E-state index in [1.54, 1.807) is 12.3 Å². The molecule has 0 spiro atoms. The van der Waals surface area contributed by atoms with Crippen LogP contribution >= 0.6 is 12.2 Å².